The van der Waals surface area contributed by atoms with Crippen molar-refractivity contribution in [2.75, 3.05) is 0 Å². The number of hydrogen-bond donors (Lipinski definition) is 2. The van der Waals surface area contributed by atoms with Crippen molar-refractivity contribution in [3.8, 4) is 0 Å². The second-order valence-electron chi connectivity index (χ2n) is 4.04. The van der Waals surface area contributed by atoms with Crippen molar-refractivity contribution in [3.63, 3.8) is 0 Å². The van der Waals surface area contributed by atoms with Gasteiger partial charge in [-0.25, -0.2) is 0 Å². The van der Waals surface area contributed by atoms with Crippen LogP contribution >= 0.6 is 38.9 Å². The Morgan fingerprint density at radius 3 is 2.78 bits per heavy atom. The Kier molecular flexibility index (Phi) is 4.45. The van der Waals surface area contributed by atoms with E-state index in [0.29, 0.717) is 5.15 Å². The zero-order chi connectivity index (χ0) is 13.3. The molecule has 2 heterocycles. The van der Waals surface area contributed by atoms with Gasteiger partial charge in [0.1, 0.15) is 5.15 Å². The van der Waals surface area contributed by atoms with Crippen molar-refractivity contribution < 1.29 is 0 Å². The predicted molar refractivity (Wildman–Crippen MR) is 78.7 cm³/mol. The summed E-state index contributed by atoms with van der Waals surface area (Å²) in [5.41, 5.74) is 4.81. The highest BCUT2D eigenvalue weighted by molar-refractivity contribution is 9.11. The molecule has 4 nitrogen and oxygen atoms in total. The molecule has 7 heteroatoms. The SMILES string of the molecule is Cc1nn(C)c(Cl)c1CC(NN)c1ccc(Br)s1. The highest BCUT2D eigenvalue weighted by Crippen LogP contribution is 2.31. The number of nitrogens with two attached hydrogens (primary N) is 1. The summed E-state index contributed by atoms with van der Waals surface area (Å²) >= 11 is 11.4. The zero-order valence-electron chi connectivity index (χ0n) is 10.1. The molecule has 0 spiro atoms. The standard InChI is InChI=1S/C11H14BrClN4S/c1-6-7(11(13)17(2)16-6)5-8(15-14)9-3-4-10(12)18-9/h3-4,8,15H,5,14H2,1-2H3. The summed E-state index contributed by atoms with van der Waals surface area (Å²) in [5.74, 6) is 5.64. The summed E-state index contributed by atoms with van der Waals surface area (Å²) in [4.78, 5) is 1.17. The minimum atomic E-state index is 0.0432. The molecule has 0 aliphatic rings. The molecule has 2 aromatic heterocycles. The van der Waals surface area contributed by atoms with E-state index in [1.54, 1.807) is 16.0 Å². The number of aryl methyl sites for hydroxylation is 2. The van der Waals surface area contributed by atoms with E-state index in [-0.39, 0.29) is 6.04 Å². The number of rotatable bonds is 4. The first-order valence-corrected chi connectivity index (χ1v) is 7.41. The molecule has 0 fully saturated rings. The maximum atomic E-state index is 6.23. The van der Waals surface area contributed by atoms with E-state index in [9.17, 15) is 0 Å². The topological polar surface area (TPSA) is 55.9 Å². The van der Waals surface area contributed by atoms with Gasteiger partial charge in [-0.15, -0.1) is 11.3 Å². The Balaban J connectivity index is 2.25. The molecule has 1 unspecified atom stereocenters. The Bertz CT molecular complexity index is 551. The molecule has 0 amide bonds. The molecule has 0 radical (unpaired) electrons. The molecule has 0 aliphatic carbocycles. The maximum Gasteiger partial charge on any atom is 0.130 e. The van der Waals surface area contributed by atoms with E-state index in [0.717, 1.165) is 21.5 Å². The summed E-state index contributed by atoms with van der Waals surface area (Å²) in [6, 6.07) is 4.11. The fourth-order valence-corrected chi connectivity index (χ4v) is 3.60. The first-order valence-electron chi connectivity index (χ1n) is 5.42. The van der Waals surface area contributed by atoms with E-state index in [2.05, 4.69) is 32.5 Å². The third-order valence-electron chi connectivity index (χ3n) is 2.82. The smallest absolute Gasteiger partial charge is 0.130 e. The lowest BCUT2D eigenvalue weighted by Gasteiger charge is -2.14. The van der Waals surface area contributed by atoms with Crippen LogP contribution < -0.4 is 11.3 Å². The van der Waals surface area contributed by atoms with Crippen molar-refractivity contribution >= 4 is 38.9 Å². The fraction of sp³-hybridized carbons (Fsp3) is 0.364. The number of nitrogens with one attached hydrogen (secondary N) is 1. The van der Waals surface area contributed by atoms with Crippen molar-refractivity contribution in [2.24, 2.45) is 12.9 Å². The van der Waals surface area contributed by atoms with Gasteiger partial charge in [0.2, 0.25) is 0 Å². The largest absolute Gasteiger partial charge is 0.271 e. The summed E-state index contributed by atoms with van der Waals surface area (Å²) in [6.45, 7) is 1.96. The van der Waals surface area contributed by atoms with Gasteiger partial charge < -0.3 is 0 Å². The first-order chi connectivity index (χ1) is 8.52. The second-order valence-corrected chi connectivity index (χ2v) is 6.90. The van der Waals surface area contributed by atoms with Gasteiger partial charge in [-0.1, -0.05) is 11.6 Å². The second kappa shape index (κ2) is 5.71. The van der Waals surface area contributed by atoms with Gasteiger partial charge in [-0.05, 0) is 41.4 Å². The molecule has 2 rings (SSSR count). The van der Waals surface area contributed by atoms with Gasteiger partial charge in [0.15, 0.2) is 0 Å². The normalized spacial score (nSPS) is 12.9. The predicted octanol–water partition coefficient (Wildman–Crippen LogP) is 2.95. The van der Waals surface area contributed by atoms with Crippen LogP contribution in [-0.2, 0) is 13.5 Å². The van der Waals surface area contributed by atoms with Crippen molar-refractivity contribution in [3.05, 3.63) is 37.2 Å². The van der Waals surface area contributed by atoms with Crippen LogP contribution in [0.3, 0.4) is 0 Å². The van der Waals surface area contributed by atoms with Gasteiger partial charge in [0.25, 0.3) is 0 Å². The van der Waals surface area contributed by atoms with Gasteiger partial charge in [-0.3, -0.25) is 16.0 Å². The van der Waals surface area contributed by atoms with Crippen LogP contribution in [0.4, 0.5) is 0 Å². The van der Waals surface area contributed by atoms with Crippen molar-refractivity contribution in [2.45, 2.75) is 19.4 Å². The van der Waals surface area contributed by atoms with Gasteiger partial charge in [-0.2, -0.15) is 5.10 Å². The molecule has 98 valence electrons. The number of hydrazine groups is 1. The monoisotopic (exact) mass is 348 g/mol. The lowest BCUT2D eigenvalue weighted by Crippen LogP contribution is -2.29. The van der Waals surface area contributed by atoms with Crippen LogP contribution in [0.2, 0.25) is 5.15 Å². The summed E-state index contributed by atoms with van der Waals surface area (Å²) in [6.07, 6.45) is 0.724. The molecule has 18 heavy (non-hydrogen) atoms. The van der Waals surface area contributed by atoms with Crippen LogP contribution in [0.25, 0.3) is 0 Å². The third kappa shape index (κ3) is 2.78. The highest BCUT2D eigenvalue weighted by Gasteiger charge is 2.18. The molecular weight excluding hydrogens is 336 g/mol. The summed E-state index contributed by atoms with van der Waals surface area (Å²) in [5, 5.41) is 4.98. The van der Waals surface area contributed by atoms with Gasteiger partial charge in [0, 0.05) is 17.5 Å². The Labute approximate surface area is 123 Å². The zero-order valence-corrected chi connectivity index (χ0v) is 13.2. The Hall–Kier alpha value is -0.400. The lowest BCUT2D eigenvalue weighted by molar-refractivity contribution is 0.559. The third-order valence-corrected chi connectivity index (χ3v) is 5.03. The molecule has 0 aliphatic heterocycles. The minimum Gasteiger partial charge on any atom is -0.271 e. The van der Waals surface area contributed by atoms with Gasteiger partial charge >= 0.3 is 0 Å². The first kappa shape index (κ1) is 14.0. The van der Waals surface area contributed by atoms with Crippen LogP contribution in [0.1, 0.15) is 22.2 Å². The van der Waals surface area contributed by atoms with Crippen molar-refractivity contribution in [1.29, 1.82) is 0 Å². The van der Waals surface area contributed by atoms with Crippen LogP contribution in [0, 0.1) is 6.92 Å². The van der Waals surface area contributed by atoms with E-state index in [1.165, 1.54) is 4.88 Å². The highest BCUT2D eigenvalue weighted by atomic mass is 79.9. The van der Waals surface area contributed by atoms with E-state index in [1.807, 2.05) is 20.0 Å². The molecule has 1 atom stereocenters. The van der Waals surface area contributed by atoms with Crippen LogP contribution in [0.5, 0.6) is 0 Å². The minimum absolute atomic E-state index is 0.0432. The Morgan fingerprint density at radius 1 is 1.61 bits per heavy atom. The fourth-order valence-electron chi connectivity index (χ4n) is 1.87. The Morgan fingerprint density at radius 2 is 2.33 bits per heavy atom. The molecule has 3 N–H and O–H groups in total. The average molecular weight is 350 g/mol. The number of thiophene rings is 1. The quantitative estimate of drug-likeness (QED) is 0.659. The number of halogens is 2. The van der Waals surface area contributed by atoms with Crippen molar-refractivity contribution in [1.82, 2.24) is 15.2 Å². The molecular formula is C11H14BrClN4S. The number of hydrogen-bond acceptors (Lipinski definition) is 4. The lowest BCUT2D eigenvalue weighted by atomic mass is 10.1. The van der Waals surface area contributed by atoms with Crippen LogP contribution in [-0.4, -0.2) is 9.78 Å². The van der Waals surface area contributed by atoms with Gasteiger partial charge in [0.05, 0.1) is 15.5 Å². The van der Waals surface area contributed by atoms with E-state index >= 15 is 0 Å². The molecule has 2 aromatic rings. The number of aromatic nitrogens is 2. The number of nitrogens with zero attached hydrogens (tertiary/aromatic N) is 2. The maximum absolute atomic E-state index is 6.23. The van der Waals surface area contributed by atoms with E-state index < -0.39 is 0 Å². The summed E-state index contributed by atoms with van der Waals surface area (Å²) in [7, 11) is 1.84. The molecule has 0 saturated heterocycles. The van der Waals surface area contributed by atoms with Crippen LogP contribution in [0.15, 0.2) is 15.9 Å². The summed E-state index contributed by atoms with van der Waals surface area (Å²) < 4.78 is 2.77. The average Bonchev–Trinajstić information content (AvgIpc) is 2.84. The van der Waals surface area contributed by atoms with E-state index in [4.69, 9.17) is 17.4 Å². The molecule has 0 aromatic carbocycles. The molecule has 0 saturated carbocycles. The molecule has 0 bridgehead atoms.